The first-order valence-electron chi connectivity index (χ1n) is 5.59. The summed E-state index contributed by atoms with van der Waals surface area (Å²) >= 11 is 0. The number of ether oxygens (including phenoxy) is 1. The second-order valence-electron chi connectivity index (χ2n) is 4.26. The lowest BCUT2D eigenvalue weighted by molar-refractivity contribution is 0.460. The highest BCUT2D eigenvalue weighted by atomic mass is 19.1. The molecule has 0 spiro atoms. The Morgan fingerprint density at radius 2 is 1.83 bits per heavy atom. The first-order chi connectivity index (χ1) is 8.49. The summed E-state index contributed by atoms with van der Waals surface area (Å²) in [6.45, 7) is 3.50. The van der Waals surface area contributed by atoms with Crippen molar-refractivity contribution in [2.45, 2.75) is 13.8 Å². The molecule has 0 fully saturated rings. The van der Waals surface area contributed by atoms with Gasteiger partial charge in [0.15, 0.2) is 5.75 Å². The van der Waals surface area contributed by atoms with Gasteiger partial charge in [-0.15, -0.1) is 0 Å². The number of rotatable bonds is 2. The van der Waals surface area contributed by atoms with E-state index in [9.17, 15) is 9.18 Å². The van der Waals surface area contributed by atoms with Gasteiger partial charge < -0.3 is 9.30 Å². The second-order valence-corrected chi connectivity index (χ2v) is 4.26. The lowest BCUT2D eigenvalue weighted by Gasteiger charge is -2.11. The minimum absolute atomic E-state index is 0.222. The topological polar surface area (TPSA) is 31.2 Å². The zero-order valence-electron chi connectivity index (χ0n) is 10.5. The minimum atomic E-state index is -0.307. The van der Waals surface area contributed by atoms with Crippen LogP contribution in [0.2, 0.25) is 0 Å². The van der Waals surface area contributed by atoms with Gasteiger partial charge in [0.05, 0.1) is 0 Å². The van der Waals surface area contributed by atoms with Crippen molar-refractivity contribution in [1.29, 1.82) is 0 Å². The fraction of sp³-hybridized carbons (Fsp3) is 0.214. The van der Waals surface area contributed by atoms with Crippen molar-refractivity contribution in [2.24, 2.45) is 7.05 Å². The molecule has 1 heterocycles. The van der Waals surface area contributed by atoms with Crippen LogP contribution in [-0.2, 0) is 7.05 Å². The lowest BCUT2D eigenvalue weighted by atomic mass is 10.1. The van der Waals surface area contributed by atoms with Crippen molar-refractivity contribution in [2.75, 3.05) is 0 Å². The summed E-state index contributed by atoms with van der Waals surface area (Å²) in [7, 11) is 1.65. The van der Waals surface area contributed by atoms with Gasteiger partial charge >= 0.3 is 0 Å². The predicted octanol–water partition coefficient (Wildman–Crippen LogP) is 2.93. The summed E-state index contributed by atoms with van der Waals surface area (Å²) in [6, 6.07) is 6.10. The smallest absolute Gasteiger partial charge is 0.293 e. The molecule has 18 heavy (non-hydrogen) atoms. The first-order valence-corrected chi connectivity index (χ1v) is 5.59. The zero-order valence-corrected chi connectivity index (χ0v) is 10.5. The Balaban J connectivity index is 2.47. The molecule has 0 aliphatic heterocycles. The van der Waals surface area contributed by atoms with E-state index in [0.717, 1.165) is 0 Å². The van der Waals surface area contributed by atoms with E-state index in [-0.39, 0.29) is 17.1 Å². The normalized spacial score (nSPS) is 10.4. The van der Waals surface area contributed by atoms with Gasteiger partial charge in [-0.1, -0.05) is 0 Å². The molecule has 0 amide bonds. The highest BCUT2D eigenvalue weighted by molar-refractivity contribution is 5.43. The molecule has 0 atom stereocenters. The van der Waals surface area contributed by atoms with Gasteiger partial charge in [0.25, 0.3) is 5.56 Å². The van der Waals surface area contributed by atoms with Crippen molar-refractivity contribution in [3.63, 3.8) is 0 Å². The molecule has 1 aromatic carbocycles. The van der Waals surface area contributed by atoms with E-state index in [2.05, 4.69) is 0 Å². The SMILES string of the molecule is Cc1cc(F)cc(C)c1Oc1cccn(C)c1=O. The molecule has 0 aliphatic carbocycles. The molecule has 94 valence electrons. The monoisotopic (exact) mass is 247 g/mol. The lowest BCUT2D eigenvalue weighted by Crippen LogP contribution is -2.17. The second kappa shape index (κ2) is 4.64. The molecular weight excluding hydrogens is 233 g/mol. The van der Waals surface area contributed by atoms with Gasteiger partial charge in [0.1, 0.15) is 11.6 Å². The third-order valence-electron chi connectivity index (χ3n) is 2.73. The Bertz CT molecular complexity index is 623. The molecule has 0 unspecified atom stereocenters. The van der Waals surface area contributed by atoms with Crippen LogP contribution in [0.25, 0.3) is 0 Å². The van der Waals surface area contributed by atoms with Crippen LogP contribution in [0, 0.1) is 19.7 Å². The predicted molar refractivity (Wildman–Crippen MR) is 67.6 cm³/mol. The summed E-state index contributed by atoms with van der Waals surface area (Å²) < 4.78 is 20.2. The van der Waals surface area contributed by atoms with E-state index < -0.39 is 0 Å². The molecule has 2 rings (SSSR count). The number of nitrogens with zero attached hydrogens (tertiary/aromatic N) is 1. The van der Waals surface area contributed by atoms with E-state index in [1.54, 1.807) is 39.2 Å². The maximum atomic E-state index is 13.2. The molecule has 3 nitrogen and oxygen atoms in total. The minimum Gasteiger partial charge on any atom is -0.451 e. The maximum Gasteiger partial charge on any atom is 0.293 e. The molecule has 0 bridgehead atoms. The number of aromatic nitrogens is 1. The van der Waals surface area contributed by atoms with Crippen LogP contribution in [-0.4, -0.2) is 4.57 Å². The average Bonchev–Trinajstić information content (AvgIpc) is 2.28. The van der Waals surface area contributed by atoms with E-state index in [1.807, 2.05) is 0 Å². The average molecular weight is 247 g/mol. The molecule has 0 radical (unpaired) electrons. The summed E-state index contributed by atoms with van der Waals surface area (Å²) in [5.41, 5.74) is 1.11. The summed E-state index contributed by atoms with van der Waals surface area (Å²) in [4.78, 5) is 11.8. The maximum absolute atomic E-state index is 13.2. The molecular formula is C14H14FNO2. The van der Waals surface area contributed by atoms with E-state index in [4.69, 9.17) is 4.74 Å². The van der Waals surface area contributed by atoms with Gasteiger partial charge in [-0.2, -0.15) is 0 Å². The summed E-state index contributed by atoms with van der Waals surface area (Å²) in [6.07, 6.45) is 1.65. The number of halogens is 1. The summed E-state index contributed by atoms with van der Waals surface area (Å²) in [5.74, 6) is 0.454. The Labute approximate surface area is 104 Å². The van der Waals surface area contributed by atoms with Crippen LogP contribution >= 0.6 is 0 Å². The van der Waals surface area contributed by atoms with Gasteiger partial charge in [-0.05, 0) is 49.2 Å². The number of hydrogen-bond acceptors (Lipinski definition) is 2. The van der Waals surface area contributed by atoms with Crippen LogP contribution in [0.1, 0.15) is 11.1 Å². The Hall–Kier alpha value is -2.10. The van der Waals surface area contributed by atoms with E-state index >= 15 is 0 Å². The molecule has 0 aliphatic rings. The van der Waals surface area contributed by atoms with E-state index in [0.29, 0.717) is 16.9 Å². The molecule has 1 aromatic heterocycles. The number of hydrogen-bond donors (Lipinski definition) is 0. The van der Waals surface area contributed by atoms with Crippen molar-refractivity contribution >= 4 is 0 Å². The zero-order chi connectivity index (χ0) is 13.3. The van der Waals surface area contributed by atoms with Crippen LogP contribution < -0.4 is 10.3 Å². The van der Waals surface area contributed by atoms with Gasteiger partial charge in [-0.3, -0.25) is 4.79 Å². The fourth-order valence-electron chi connectivity index (χ4n) is 1.82. The van der Waals surface area contributed by atoms with Crippen LogP contribution in [0.4, 0.5) is 4.39 Å². The largest absolute Gasteiger partial charge is 0.451 e. The standard InChI is InChI=1S/C14H14FNO2/c1-9-7-11(15)8-10(2)13(9)18-12-5-4-6-16(3)14(12)17/h4-8H,1-3H3. The number of aryl methyl sites for hydroxylation is 3. The quantitative estimate of drug-likeness (QED) is 0.817. The molecule has 0 saturated heterocycles. The Morgan fingerprint density at radius 1 is 1.22 bits per heavy atom. The molecule has 4 heteroatoms. The van der Waals surface area contributed by atoms with Gasteiger partial charge in [-0.25, -0.2) is 4.39 Å². The first kappa shape index (κ1) is 12.4. The third-order valence-corrected chi connectivity index (χ3v) is 2.73. The molecule has 0 N–H and O–H groups in total. The highest BCUT2D eigenvalue weighted by Gasteiger charge is 2.10. The highest BCUT2D eigenvalue weighted by Crippen LogP contribution is 2.27. The Kier molecular flexibility index (Phi) is 3.19. The van der Waals surface area contributed by atoms with Crippen LogP contribution in [0.15, 0.2) is 35.3 Å². The van der Waals surface area contributed by atoms with Crippen LogP contribution in [0.3, 0.4) is 0 Å². The number of benzene rings is 1. The molecule has 0 saturated carbocycles. The van der Waals surface area contributed by atoms with Crippen molar-refractivity contribution < 1.29 is 9.13 Å². The van der Waals surface area contributed by atoms with Gasteiger partial charge in [0.2, 0.25) is 0 Å². The van der Waals surface area contributed by atoms with E-state index in [1.165, 1.54) is 16.7 Å². The van der Waals surface area contributed by atoms with Gasteiger partial charge in [0, 0.05) is 13.2 Å². The third kappa shape index (κ3) is 2.27. The van der Waals surface area contributed by atoms with Crippen molar-refractivity contribution in [3.8, 4) is 11.5 Å². The van der Waals surface area contributed by atoms with Crippen molar-refractivity contribution in [3.05, 3.63) is 57.8 Å². The molecule has 2 aromatic rings. The van der Waals surface area contributed by atoms with Crippen LogP contribution in [0.5, 0.6) is 11.5 Å². The number of pyridine rings is 1. The fourth-order valence-corrected chi connectivity index (χ4v) is 1.82. The van der Waals surface area contributed by atoms with Crippen molar-refractivity contribution in [1.82, 2.24) is 4.57 Å². The summed E-state index contributed by atoms with van der Waals surface area (Å²) in [5, 5.41) is 0. The Morgan fingerprint density at radius 3 is 2.44 bits per heavy atom.